The Morgan fingerprint density at radius 2 is 1.87 bits per heavy atom. The molecule has 0 saturated carbocycles. The maximum absolute atomic E-state index is 12.9. The molecule has 0 bridgehead atoms. The van der Waals surface area contributed by atoms with Gasteiger partial charge in [0, 0.05) is 23.9 Å². The number of rotatable bonds is 7. The topological polar surface area (TPSA) is 122 Å². The Morgan fingerprint density at radius 3 is 2.52 bits per heavy atom. The summed E-state index contributed by atoms with van der Waals surface area (Å²) < 4.78 is 44.0. The first-order chi connectivity index (χ1) is 14.6. The zero-order valence-corrected chi connectivity index (χ0v) is 15.5. The summed E-state index contributed by atoms with van der Waals surface area (Å²) in [6.07, 6.45) is -3.64. The molecule has 2 amide bonds. The van der Waals surface area contributed by atoms with Crippen molar-refractivity contribution < 1.29 is 37.5 Å². The molecule has 0 aromatic heterocycles. The van der Waals surface area contributed by atoms with Crippen molar-refractivity contribution in [1.82, 2.24) is 4.90 Å². The van der Waals surface area contributed by atoms with Gasteiger partial charge in [0.1, 0.15) is 17.2 Å². The second kappa shape index (κ2) is 8.44. The molecular formula is C19H14F3N3O6. The van der Waals surface area contributed by atoms with Crippen LogP contribution in [0.5, 0.6) is 11.5 Å². The van der Waals surface area contributed by atoms with Crippen molar-refractivity contribution in [2.24, 2.45) is 0 Å². The van der Waals surface area contributed by atoms with Crippen LogP contribution in [0.25, 0.3) is 0 Å². The van der Waals surface area contributed by atoms with Gasteiger partial charge < -0.3 is 15.2 Å². The van der Waals surface area contributed by atoms with Crippen LogP contribution < -0.4 is 10.1 Å². The highest BCUT2D eigenvalue weighted by atomic mass is 19.4. The summed E-state index contributed by atoms with van der Waals surface area (Å²) >= 11 is 0. The summed E-state index contributed by atoms with van der Waals surface area (Å²) in [6, 6.07) is 7.24. The molecule has 31 heavy (non-hydrogen) atoms. The lowest BCUT2D eigenvalue weighted by Gasteiger charge is -2.14. The second-order valence-electron chi connectivity index (χ2n) is 6.30. The molecule has 0 unspecified atom stereocenters. The standard InChI is InChI=1S/C19H14F3N3O6/c20-19(21,22)11-2-1-3-14(6-11)31-15-8-12(7-13(9-15)25(29)30)23-16-10-17(27)24(4-5-26)18(16)28/h1-3,6-10,23,26H,4-5H2. The molecule has 1 heterocycles. The van der Waals surface area contributed by atoms with Crippen LogP contribution in [-0.4, -0.2) is 39.9 Å². The molecule has 0 radical (unpaired) electrons. The highest BCUT2D eigenvalue weighted by Crippen LogP contribution is 2.34. The Morgan fingerprint density at radius 1 is 1.13 bits per heavy atom. The number of nitrogens with zero attached hydrogens (tertiary/aromatic N) is 2. The lowest BCUT2D eigenvalue weighted by molar-refractivity contribution is -0.384. The van der Waals surface area contributed by atoms with Crippen LogP contribution in [0.1, 0.15) is 5.56 Å². The monoisotopic (exact) mass is 437 g/mol. The number of nitro groups is 1. The van der Waals surface area contributed by atoms with Crippen LogP contribution in [0.2, 0.25) is 0 Å². The van der Waals surface area contributed by atoms with Crippen molar-refractivity contribution in [2.75, 3.05) is 18.5 Å². The summed E-state index contributed by atoms with van der Waals surface area (Å²) in [7, 11) is 0. The number of halogens is 3. The van der Waals surface area contributed by atoms with Crippen molar-refractivity contribution in [2.45, 2.75) is 6.18 Å². The molecule has 2 N–H and O–H groups in total. The predicted molar refractivity (Wildman–Crippen MR) is 100 cm³/mol. The van der Waals surface area contributed by atoms with E-state index in [-0.39, 0.29) is 29.4 Å². The third kappa shape index (κ3) is 4.98. The number of carbonyl (C=O) groups is 2. The van der Waals surface area contributed by atoms with Crippen molar-refractivity contribution in [3.63, 3.8) is 0 Å². The minimum Gasteiger partial charge on any atom is -0.457 e. The first-order valence-corrected chi connectivity index (χ1v) is 8.68. The van der Waals surface area contributed by atoms with Gasteiger partial charge in [-0.15, -0.1) is 0 Å². The quantitative estimate of drug-likeness (QED) is 0.388. The fourth-order valence-electron chi connectivity index (χ4n) is 2.76. The van der Waals surface area contributed by atoms with Gasteiger partial charge in [0.2, 0.25) is 0 Å². The molecule has 2 aromatic carbocycles. The van der Waals surface area contributed by atoms with Crippen LogP contribution in [0, 0.1) is 10.1 Å². The molecule has 0 fully saturated rings. The van der Waals surface area contributed by atoms with E-state index in [1.54, 1.807) is 0 Å². The van der Waals surface area contributed by atoms with E-state index in [9.17, 15) is 32.9 Å². The molecule has 1 aliphatic heterocycles. The van der Waals surface area contributed by atoms with Gasteiger partial charge in [0.25, 0.3) is 17.5 Å². The smallest absolute Gasteiger partial charge is 0.416 e. The Kier molecular flexibility index (Phi) is 5.92. The summed E-state index contributed by atoms with van der Waals surface area (Å²) in [5.74, 6) is -1.79. The molecule has 12 heteroatoms. The Balaban J connectivity index is 1.89. The summed E-state index contributed by atoms with van der Waals surface area (Å²) in [5, 5.41) is 22.7. The molecule has 1 aliphatic rings. The Bertz CT molecular complexity index is 1080. The zero-order chi connectivity index (χ0) is 22.8. The fraction of sp³-hybridized carbons (Fsp3) is 0.158. The number of nitro benzene ring substituents is 1. The van der Waals surface area contributed by atoms with Crippen LogP contribution in [-0.2, 0) is 15.8 Å². The number of hydrogen-bond donors (Lipinski definition) is 2. The van der Waals surface area contributed by atoms with E-state index in [0.717, 1.165) is 41.3 Å². The van der Waals surface area contributed by atoms with Gasteiger partial charge in [-0.25, -0.2) is 0 Å². The maximum Gasteiger partial charge on any atom is 0.416 e. The summed E-state index contributed by atoms with van der Waals surface area (Å²) in [5.41, 5.74) is -1.62. The highest BCUT2D eigenvalue weighted by molar-refractivity contribution is 6.17. The van der Waals surface area contributed by atoms with Crippen molar-refractivity contribution in [3.8, 4) is 11.5 Å². The third-order valence-electron chi connectivity index (χ3n) is 4.11. The van der Waals surface area contributed by atoms with Gasteiger partial charge >= 0.3 is 6.18 Å². The van der Waals surface area contributed by atoms with E-state index >= 15 is 0 Å². The number of ether oxygens (including phenoxy) is 1. The molecule has 0 saturated heterocycles. The predicted octanol–water partition coefficient (Wildman–Crippen LogP) is 3.06. The van der Waals surface area contributed by atoms with Crippen LogP contribution in [0.15, 0.2) is 54.2 Å². The first kappa shape index (κ1) is 21.8. The molecule has 0 atom stereocenters. The molecule has 3 rings (SSSR count). The normalized spacial score (nSPS) is 13.9. The third-order valence-corrected chi connectivity index (χ3v) is 4.11. The molecule has 0 spiro atoms. The number of aliphatic hydroxyl groups is 1. The van der Waals surface area contributed by atoms with E-state index < -0.39 is 40.8 Å². The zero-order valence-electron chi connectivity index (χ0n) is 15.5. The number of carbonyl (C=O) groups excluding carboxylic acids is 2. The van der Waals surface area contributed by atoms with Crippen LogP contribution >= 0.6 is 0 Å². The number of β-amino-alcohol motifs (C(OH)–C–C–N with tert-alkyl or cyclic N) is 1. The molecule has 0 aliphatic carbocycles. The average Bonchev–Trinajstić information content (AvgIpc) is 2.95. The van der Waals surface area contributed by atoms with E-state index in [2.05, 4.69) is 5.32 Å². The van der Waals surface area contributed by atoms with E-state index in [0.29, 0.717) is 0 Å². The van der Waals surface area contributed by atoms with Crippen molar-refractivity contribution in [1.29, 1.82) is 0 Å². The number of imide groups is 1. The Labute approximate surface area is 172 Å². The van der Waals surface area contributed by atoms with E-state index in [1.165, 1.54) is 12.1 Å². The number of anilines is 1. The highest BCUT2D eigenvalue weighted by Gasteiger charge is 2.32. The Hall–Kier alpha value is -3.93. The number of aliphatic hydroxyl groups excluding tert-OH is 1. The van der Waals surface area contributed by atoms with Gasteiger partial charge in [0.05, 0.1) is 29.7 Å². The molecule has 2 aromatic rings. The summed E-state index contributed by atoms with van der Waals surface area (Å²) in [6.45, 7) is -0.664. The largest absolute Gasteiger partial charge is 0.457 e. The fourth-order valence-corrected chi connectivity index (χ4v) is 2.76. The van der Waals surface area contributed by atoms with Crippen molar-refractivity contribution in [3.05, 3.63) is 69.9 Å². The van der Waals surface area contributed by atoms with Gasteiger partial charge in [-0.05, 0) is 18.2 Å². The van der Waals surface area contributed by atoms with Crippen molar-refractivity contribution >= 4 is 23.2 Å². The maximum atomic E-state index is 12.9. The summed E-state index contributed by atoms with van der Waals surface area (Å²) in [4.78, 5) is 35.3. The van der Waals surface area contributed by atoms with Gasteiger partial charge in [-0.2, -0.15) is 13.2 Å². The van der Waals surface area contributed by atoms with E-state index in [4.69, 9.17) is 9.84 Å². The van der Waals surface area contributed by atoms with Gasteiger partial charge in [-0.1, -0.05) is 6.07 Å². The number of benzene rings is 2. The number of amides is 2. The number of alkyl halides is 3. The average molecular weight is 437 g/mol. The SMILES string of the molecule is O=C1C=C(Nc2cc(Oc3cccc(C(F)(F)F)c3)cc([N+](=O)[O-])c2)C(=O)N1CCO. The number of nitrogens with one attached hydrogen (secondary N) is 1. The lowest BCUT2D eigenvalue weighted by atomic mass is 10.2. The van der Waals surface area contributed by atoms with E-state index in [1.807, 2.05) is 0 Å². The first-order valence-electron chi connectivity index (χ1n) is 8.68. The van der Waals surface area contributed by atoms with Crippen LogP contribution in [0.4, 0.5) is 24.5 Å². The molecule has 162 valence electrons. The lowest BCUT2D eigenvalue weighted by Crippen LogP contribution is -2.34. The minimum absolute atomic E-state index is 0.00516. The minimum atomic E-state index is -4.60. The molecule has 9 nitrogen and oxygen atoms in total. The number of hydrogen-bond acceptors (Lipinski definition) is 7. The van der Waals surface area contributed by atoms with Crippen LogP contribution in [0.3, 0.4) is 0 Å². The molecular weight excluding hydrogens is 423 g/mol. The second-order valence-corrected chi connectivity index (χ2v) is 6.30. The van der Waals surface area contributed by atoms with Gasteiger partial charge in [0.15, 0.2) is 0 Å². The number of non-ortho nitro benzene ring substituents is 1. The van der Waals surface area contributed by atoms with Gasteiger partial charge in [-0.3, -0.25) is 24.6 Å².